The van der Waals surface area contributed by atoms with Crippen molar-refractivity contribution >= 4 is 20.8 Å². The highest BCUT2D eigenvalue weighted by molar-refractivity contribution is 7.89. The minimum atomic E-state index is -3.53. The van der Waals surface area contributed by atoms with Crippen LogP contribution in [0.3, 0.4) is 0 Å². The fourth-order valence-electron chi connectivity index (χ4n) is 3.13. The molecule has 132 valence electrons. The first-order valence-electron chi connectivity index (χ1n) is 8.67. The first kappa shape index (κ1) is 18.9. The number of fused-ring (bicyclic) bond motifs is 1. The Bertz CT molecular complexity index is 819. The van der Waals surface area contributed by atoms with Gasteiger partial charge in [0.15, 0.2) is 0 Å². The third-order valence-electron chi connectivity index (χ3n) is 4.93. The Hall–Kier alpha value is -1.39. The molecule has 2 rings (SSSR count). The molecule has 24 heavy (non-hydrogen) atoms. The molecule has 0 bridgehead atoms. The first-order valence-corrected chi connectivity index (χ1v) is 10.1. The third-order valence-corrected chi connectivity index (χ3v) is 7.06. The lowest BCUT2D eigenvalue weighted by Gasteiger charge is -2.36. The maximum Gasteiger partial charge on any atom is 0.243 e. The maximum atomic E-state index is 13.4. The van der Waals surface area contributed by atoms with E-state index in [1.54, 1.807) is 10.4 Å². The van der Waals surface area contributed by atoms with Gasteiger partial charge >= 0.3 is 0 Å². The van der Waals surface area contributed by atoms with Crippen LogP contribution in [0.4, 0.5) is 0 Å². The zero-order valence-corrected chi connectivity index (χ0v) is 16.4. The van der Waals surface area contributed by atoms with Gasteiger partial charge in [-0.15, -0.1) is 0 Å². The Kier molecular flexibility index (Phi) is 5.41. The van der Waals surface area contributed by atoms with E-state index in [1.165, 1.54) is 0 Å². The van der Waals surface area contributed by atoms with Crippen molar-refractivity contribution in [2.24, 2.45) is 5.41 Å². The largest absolute Gasteiger partial charge is 0.243 e. The number of rotatable bonds is 5. The van der Waals surface area contributed by atoms with Gasteiger partial charge in [-0.1, -0.05) is 65.0 Å². The number of sulfonamides is 1. The molecule has 0 radical (unpaired) electrons. The van der Waals surface area contributed by atoms with Crippen molar-refractivity contribution in [1.82, 2.24) is 4.31 Å². The summed E-state index contributed by atoms with van der Waals surface area (Å²) in [7, 11) is -3.53. The number of aryl methyl sites for hydroxylation is 1. The summed E-state index contributed by atoms with van der Waals surface area (Å²) in [5.74, 6) is 0. The molecule has 0 unspecified atom stereocenters. The van der Waals surface area contributed by atoms with Gasteiger partial charge < -0.3 is 0 Å². The van der Waals surface area contributed by atoms with Crippen LogP contribution >= 0.6 is 0 Å². The molecule has 0 N–H and O–H groups in total. The lowest BCUT2D eigenvalue weighted by atomic mass is 9.88. The van der Waals surface area contributed by atoms with Crippen LogP contribution in [0, 0.1) is 5.41 Å². The highest BCUT2D eigenvalue weighted by Gasteiger charge is 2.35. The second kappa shape index (κ2) is 6.85. The van der Waals surface area contributed by atoms with Crippen LogP contribution in [-0.4, -0.2) is 25.3 Å². The second-order valence-corrected chi connectivity index (χ2v) is 9.23. The molecular formula is C20H29NO2S. The Labute approximate surface area is 146 Å². The highest BCUT2D eigenvalue weighted by Crippen LogP contribution is 2.32. The maximum absolute atomic E-state index is 13.4. The van der Waals surface area contributed by atoms with Crippen molar-refractivity contribution < 1.29 is 8.42 Å². The molecule has 0 fully saturated rings. The molecule has 0 spiro atoms. The minimum absolute atomic E-state index is 0.0799. The van der Waals surface area contributed by atoms with E-state index >= 15 is 0 Å². The Morgan fingerprint density at radius 1 is 1.04 bits per heavy atom. The van der Waals surface area contributed by atoms with Crippen LogP contribution < -0.4 is 0 Å². The summed E-state index contributed by atoms with van der Waals surface area (Å²) in [4.78, 5) is 0.446. The molecule has 0 aliphatic heterocycles. The molecule has 0 aromatic heterocycles. The third kappa shape index (κ3) is 3.35. The fraction of sp³-hybridized carbons (Fsp3) is 0.500. The van der Waals surface area contributed by atoms with E-state index in [4.69, 9.17) is 0 Å². The zero-order valence-electron chi connectivity index (χ0n) is 15.6. The Balaban J connectivity index is 2.66. The molecule has 3 nitrogen and oxygen atoms in total. The molecule has 0 aliphatic carbocycles. The molecule has 2 aromatic carbocycles. The lowest BCUT2D eigenvalue weighted by Crippen LogP contribution is -2.45. The number of nitrogens with zero attached hydrogens (tertiary/aromatic N) is 1. The average Bonchev–Trinajstić information content (AvgIpc) is 2.53. The Morgan fingerprint density at radius 3 is 2.21 bits per heavy atom. The molecule has 0 heterocycles. The van der Waals surface area contributed by atoms with Gasteiger partial charge in [0.2, 0.25) is 10.0 Å². The van der Waals surface area contributed by atoms with E-state index in [-0.39, 0.29) is 11.5 Å². The second-order valence-electron chi connectivity index (χ2n) is 7.37. The van der Waals surface area contributed by atoms with Crippen LogP contribution in [0.25, 0.3) is 10.8 Å². The molecule has 4 heteroatoms. The molecular weight excluding hydrogens is 318 g/mol. The quantitative estimate of drug-likeness (QED) is 0.775. The van der Waals surface area contributed by atoms with Gasteiger partial charge in [-0.25, -0.2) is 8.42 Å². The zero-order chi connectivity index (χ0) is 18.1. The minimum Gasteiger partial charge on any atom is -0.207 e. The molecule has 1 atom stereocenters. The molecule has 0 amide bonds. The van der Waals surface area contributed by atoms with Gasteiger partial charge in [0.25, 0.3) is 0 Å². The van der Waals surface area contributed by atoms with Gasteiger partial charge in [-0.3, -0.25) is 0 Å². The molecule has 2 aromatic rings. The van der Waals surface area contributed by atoms with Crippen molar-refractivity contribution in [2.45, 2.75) is 58.9 Å². The summed E-state index contributed by atoms with van der Waals surface area (Å²) in [5, 5.41) is 2.11. The molecule has 0 saturated heterocycles. The molecule has 0 aliphatic rings. The van der Waals surface area contributed by atoms with E-state index < -0.39 is 10.0 Å². The predicted octanol–water partition coefficient (Wildman–Crippen LogP) is 4.85. The van der Waals surface area contributed by atoms with Gasteiger partial charge in [0.05, 0.1) is 4.90 Å². The van der Waals surface area contributed by atoms with Gasteiger partial charge in [-0.2, -0.15) is 4.31 Å². The summed E-state index contributed by atoms with van der Waals surface area (Å²) >= 11 is 0. The van der Waals surface area contributed by atoms with Gasteiger partial charge in [0, 0.05) is 12.6 Å². The van der Waals surface area contributed by atoms with Crippen LogP contribution in [0.1, 0.15) is 47.1 Å². The SMILES string of the molecule is CCc1c(S(=O)(=O)N(CC)[C@@H](C)C(C)(C)C)ccc2ccccc12. The average molecular weight is 348 g/mol. The Morgan fingerprint density at radius 2 is 1.67 bits per heavy atom. The van der Waals surface area contributed by atoms with Crippen molar-refractivity contribution in [3.05, 3.63) is 42.0 Å². The topological polar surface area (TPSA) is 37.4 Å². The highest BCUT2D eigenvalue weighted by atomic mass is 32.2. The van der Waals surface area contributed by atoms with Crippen molar-refractivity contribution in [3.8, 4) is 0 Å². The summed E-state index contributed by atoms with van der Waals surface area (Å²) in [5.41, 5.74) is 0.791. The monoisotopic (exact) mass is 347 g/mol. The number of benzene rings is 2. The predicted molar refractivity (Wildman–Crippen MR) is 102 cm³/mol. The van der Waals surface area contributed by atoms with Gasteiger partial charge in [-0.05, 0) is 41.2 Å². The molecule has 0 saturated carbocycles. The smallest absolute Gasteiger partial charge is 0.207 e. The van der Waals surface area contributed by atoms with Crippen molar-refractivity contribution in [2.75, 3.05) is 6.54 Å². The van der Waals surface area contributed by atoms with Crippen LogP contribution in [0.5, 0.6) is 0 Å². The van der Waals surface area contributed by atoms with E-state index in [0.29, 0.717) is 17.9 Å². The lowest BCUT2D eigenvalue weighted by molar-refractivity contribution is 0.198. The fourth-order valence-corrected chi connectivity index (χ4v) is 5.26. The normalized spacial score (nSPS) is 14.3. The van der Waals surface area contributed by atoms with E-state index in [0.717, 1.165) is 16.3 Å². The van der Waals surface area contributed by atoms with E-state index in [1.807, 2.05) is 51.1 Å². The van der Waals surface area contributed by atoms with Crippen LogP contribution in [0.2, 0.25) is 0 Å². The first-order chi connectivity index (χ1) is 11.1. The van der Waals surface area contributed by atoms with Crippen LogP contribution in [-0.2, 0) is 16.4 Å². The summed E-state index contributed by atoms with van der Waals surface area (Å²) in [6.45, 7) is 12.6. The standard InChI is InChI=1S/C20H29NO2S/c1-7-17-18-12-10-9-11-16(18)13-14-19(17)24(22,23)21(8-2)15(3)20(4,5)6/h9-15H,7-8H2,1-6H3/t15-/m0/s1. The summed E-state index contributed by atoms with van der Waals surface area (Å²) in [6.07, 6.45) is 0.692. The van der Waals surface area contributed by atoms with Crippen molar-refractivity contribution in [3.63, 3.8) is 0 Å². The van der Waals surface area contributed by atoms with E-state index in [2.05, 4.69) is 20.8 Å². The van der Waals surface area contributed by atoms with Crippen LogP contribution in [0.15, 0.2) is 41.3 Å². The van der Waals surface area contributed by atoms with Gasteiger partial charge in [0.1, 0.15) is 0 Å². The number of hydrogen-bond donors (Lipinski definition) is 0. The summed E-state index contributed by atoms with van der Waals surface area (Å²) in [6, 6.07) is 11.6. The summed E-state index contributed by atoms with van der Waals surface area (Å²) < 4.78 is 28.4. The number of hydrogen-bond acceptors (Lipinski definition) is 2. The van der Waals surface area contributed by atoms with E-state index in [9.17, 15) is 8.42 Å². The van der Waals surface area contributed by atoms with Crippen molar-refractivity contribution in [1.29, 1.82) is 0 Å².